The van der Waals surface area contributed by atoms with Gasteiger partial charge in [0.15, 0.2) is 0 Å². The molecule has 19 heavy (non-hydrogen) atoms. The Labute approximate surface area is 109 Å². The van der Waals surface area contributed by atoms with E-state index in [1.807, 2.05) is 0 Å². The van der Waals surface area contributed by atoms with Gasteiger partial charge in [-0.25, -0.2) is 0 Å². The van der Waals surface area contributed by atoms with Crippen molar-refractivity contribution < 1.29 is 27.5 Å². The molecule has 6 heteroatoms. The van der Waals surface area contributed by atoms with Crippen LogP contribution in [0.4, 0.5) is 13.2 Å². The number of ketones is 1. The quantitative estimate of drug-likeness (QED) is 0.589. The van der Waals surface area contributed by atoms with E-state index in [-0.39, 0.29) is 18.9 Å². The minimum atomic E-state index is -4.98. The summed E-state index contributed by atoms with van der Waals surface area (Å²) in [5.74, 6) is -3.38. The summed E-state index contributed by atoms with van der Waals surface area (Å²) < 4.78 is 43.3. The predicted octanol–water partition coefficient (Wildman–Crippen LogP) is 2.88. The van der Waals surface area contributed by atoms with Gasteiger partial charge in [0, 0.05) is 0 Å². The number of ether oxygens (including phenoxy) is 1. The van der Waals surface area contributed by atoms with Crippen LogP contribution in [-0.4, -0.2) is 24.5 Å². The number of Topliss-reactive ketones (excluding diaryl/α,β-unsaturated/α-hetero) is 1. The summed E-state index contributed by atoms with van der Waals surface area (Å²) in [6.07, 6.45) is -2.37. The maximum atomic E-state index is 12.8. The van der Waals surface area contributed by atoms with Gasteiger partial charge < -0.3 is 4.74 Å². The highest BCUT2D eigenvalue weighted by Gasteiger charge is 2.64. The maximum absolute atomic E-state index is 12.8. The van der Waals surface area contributed by atoms with E-state index >= 15 is 0 Å². The fourth-order valence-corrected chi connectivity index (χ4v) is 3.61. The Balaban J connectivity index is 2.39. The molecule has 0 aliphatic heterocycles. The van der Waals surface area contributed by atoms with Crippen LogP contribution in [0.25, 0.3) is 0 Å². The van der Waals surface area contributed by atoms with E-state index in [1.165, 1.54) is 6.92 Å². The number of fused-ring (bicyclic) bond motifs is 3. The van der Waals surface area contributed by atoms with Gasteiger partial charge in [0.1, 0.15) is 5.41 Å². The number of esters is 1. The maximum Gasteiger partial charge on any atom is 0.451 e. The molecule has 3 aliphatic rings. The molecule has 0 amide bonds. The molecule has 3 saturated carbocycles. The van der Waals surface area contributed by atoms with Gasteiger partial charge in [-0.3, -0.25) is 9.59 Å². The van der Waals surface area contributed by atoms with E-state index in [0.29, 0.717) is 12.8 Å². The third kappa shape index (κ3) is 2.25. The minimum absolute atomic E-state index is 0.00512. The van der Waals surface area contributed by atoms with Gasteiger partial charge in [-0.05, 0) is 38.0 Å². The summed E-state index contributed by atoms with van der Waals surface area (Å²) in [6, 6.07) is 0. The zero-order valence-electron chi connectivity index (χ0n) is 10.8. The Morgan fingerprint density at radius 3 is 2.16 bits per heavy atom. The molecule has 3 rings (SSSR count). The number of hydrogen-bond donors (Lipinski definition) is 0. The first-order valence-corrected chi connectivity index (χ1v) is 6.61. The largest absolute Gasteiger partial charge is 0.465 e. The van der Waals surface area contributed by atoms with Crippen molar-refractivity contribution in [2.75, 3.05) is 6.61 Å². The van der Waals surface area contributed by atoms with E-state index in [1.54, 1.807) is 0 Å². The SMILES string of the molecule is CCOC(=O)[C@]1(C(=O)C(F)(F)F)CC2CCC1CC2. The fraction of sp³-hybridized carbons (Fsp3) is 0.846. The number of hydrogen-bond acceptors (Lipinski definition) is 3. The van der Waals surface area contributed by atoms with Crippen LogP contribution in [0.2, 0.25) is 0 Å². The molecule has 0 N–H and O–H groups in total. The lowest BCUT2D eigenvalue weighted by molar-refractivity contribution is -0.201. The average molecular weight is 278 g/mol. The van der Waals surface area contributed by atoms with Gasteiger partial charge in [-0.1, -0.05) is 12.8 Å². The van der Waals surface area contributed by atoms with Crippen molar-refractivity contribution in [3.63, 3.8) is 0 Å². The molecule has 3 nitrogen and oxygen atoms in total. The van der Waals surface area contributed by atoms with Crippen LogP contribution >= 0.6 is 0 Å². The Morgan fingerprint density at radius 2 is 1.79 bits per heavy atom. The van der Waals surface area contributed by atoms with Gasteiger partial charge in [-0.2, -0.15) is 13.2 Å². The van der Waals surface area contributed by atoms with Crippen LogP contribution < -0.4 is 0 Å². The molecule has 3 aliphatic carbocycles. The van der Waals surface area contributed by atoms with Crippen LogP contribution in [0.3, 0.4) is 0 Å². The van der Waals surface area contributed by atoms with Crippen LogP contribution in [0.5, 0.6) is 0 Å². The normalized spacial score (nSPS) is 34.1. The third-order valence-electron chi connectivity index (χ3n) is 4.46. The molecular formula is C13H17F3O3. The van der Waals surface area contributed by atoms with E-state index < -0.39 is 29.3 Å². The molecule has 3 fully saturated rings. The Bertz CT molecular complexity index is 383. The molecule has 0 aromatic rings. The monoisotopic (exact) mass is 278 g/mol. The second kappa shape index (κ2) is 4.80. The first-order valence-electron chi connectivity index (χ1n) is 6.61. The zero-order valence-corrected chi connectivity index (χ0v) is 10.8. The molecule has 0 saturated heterocycles. The summed E-state index contributed by atoms with van der Waals surface area (Å²) in [5, 5.41) is 0. The summed E-state index contributed by atoms with van der Waals surface area (Å²) in [5.41, 5.74) is -1.98. The molecule has 0 aromatic heterocycles. The summed E-state index contributed by atoms with van der Waals surface area (Å²) in [6.45, 7) is 1.52. The number of halogens is 3. The fourth-order valence-electron chi connectivity index (χ4n) is 3.61. The van der Waals surface area contributed by atoms with Gasteiger partial charge in [0.2, 0.25) is 0 Å². The molecule has 0 unspecified atom stereocenters. The topological polar surface area (TPSA) is 43.4 Å². The molecular weight excluding hydrogens is 261 g/mol. The van der Waals surface area contributed by atoms with Crippen molar-refractivity contribution in [3.8, 4) is 0 Å². The van der Waals surface area contributed by atoms with Gasteiger partial charge in [0.05, 0.1) is 6.61 Å². The molecule has 108 valence electrons. The lowest BCUT2D eigenvalue weighted by Gasteiger charge is -2.48. The molecule has 0 radical (unpaired) electrons. The number of rotatable bonds is 3. The number of carbonyl (C=O) groups excluding carboxylic acids is 2. The van der Waals surface area contributed by atoms with E-state index in [0.717, 1.165) is 12.8 Å². The first kappa shape index (κ1) is 14.3. The first-order chi connectivity index (χ1) is 8.82. The highest BCUT2D eigenvalue weighted by atomic mass is 19.4. The second-order valence-corrected chi connectivity index (χ2v) is 5.44. The molecule has 0 spiro atoms. The summed E-state index contributed by atoms with van der Waals surface area (Å²) >= 11 is 0. The number of carbonyl (C=O) groups is 2. The predicted molar refractivity (Wildman–Crippen MR) is 60.2 cm³/mol. The van der Waals surface area contributed by atoms with Crippen molar-refractivity contribution in [3.05, 3.63) is 0 Å². The third-order valence-corrected chi connectivity index (χ3v) is 4.46. The Morgan fingerprint density at radius 1 is 1.21 bits per heavy atom. The van der Waals surface area contributed by atoms with Crippen molar-refractivity contribution in [1.82, 2.24) is 0 Å². The van der Waals surface area contributed by atoms with Crippen molar-refractivity contribution in [2.24, 2.45) is 17.3 Å². The van der Waals surface area contributed by atoms with Crippen molar-refractivity contribution in [2.45, 2.75) is 45.2 Å². The molecule has 0 aromatic carbocycles. The second-order valence-electron chi connectivity index (χ2n) is 5.44. The Kier molecular flexibility index (Phi) is 3.62. The average Bonchev–Trinajstić information content (AvgIpc) is 2.38. The number of alkyl halides is 3. The standard InChI is InChI=1S/C13H17F3O3/c1-2-19-11(18)12(10(17)13(14,15)16)7-8-3-5-9(12)6-4-8/h8-9H,2-7H2,1H3/t8?,9?,12-/m1/s1. The zero-order chi connectivity index (χ0) is 14.3. The lowest BCUT2D eigenvalue weighted by atomic mass is 9.54. The van der Waals surface area contributed by atoms with E-state index in [4.69, 9.17) is 4.74 Å². The smallest absolute Gasteiger partial charge is 0.451 e. The van der Waals surface area contributed by atoms with Gasteiger partial charge >= 0.3 is 12.1 Å². The molecule has 0 heterocycles. The van der Waals surface area contributed by atoms with Crippen molar-refractivity contribution in [1.29, 1.82) is 0 Å². The van der Waals surface area contributed by atoms with E-state index in [9.17, 15) is 22.8 Å². The van der Waals surface area contributed by atoms with Crippen LogP contribution in [0.15, 0.2) is 0 Å². The van der Waals surface area contributed by atoms with Gasteiger partial charge in [-0.15, -0.1) is 0 Å². The van der Waals surface area contributed by atoms with E-state index in [2.05, 4.69) is 0 Å². The highest BCUT2D eigenvalue weighted by Crippen LogP contribution is 2.55. The van der Waals surface area contributed by atoms with Crippen molar-refractivity contribution >= 4 is 11.8 Å². The minimum Gasteiger partial charge on any atom is -0.465 e. The van der Waals surface area contributed by atoms with Crippen LogP contribution in [0, 0.1) is 17.3 Å². The molecule has 2 bridgehead atoms. The highest BCUT2D eigenvalue weighted by molar-refractivity contribution is 6.07. The van der Waals surface area contributed by atoms with Gasteiger partial charge in [0.25, 0.3) is 5.78 Å². The Hall–Kier alpha value is -1.07. The summed E-state index contributed by atoms with van der Waals surface area (Å²) in [4.78, 5) is 23.9. The van der Waals surface area contributed by atoms with Crippen LogP contribution in [0.1, 0.15) is 39.0 Å². The lowest BCUT2D eigenvalue weighted by Crippen LogP contribution is -2.57. The van der Waals surface area contributed by atoms with Crippen LogP contribution in [-0.2, 0) is 14.3 Å². The summed E-state index contributed by atoms with van der Waals surface area (Å²) in [7, 11) is 0. The molecule has 1 atom stereocenters.